The van der Waals surface area contributed by atoms with Crippen LogP contribution in [0.3, 0.4) is 0 Å². The molecule has 0 aliphatic heterocycles. The van der Waals surface area contributed by atoms with Gasteiger partial charge in [0, 0.05) is 5.69 Å². The summed E-state index contributed by atoms with van der Waals surface area (Å²) in [4.78, 5) is 22.3. The van der Waals surface area contributed by atoms with Gasteiger partial charge in [-0.05, 0) is 30.2 Å². The smallest absolute Gasteiger partial charge is 0.344 e. The topological polar surface area (TPSA) is 83.0 Å². The van der Waals surface area contributed by atoms with E-state index in [2.05, 4.69) is 11.9 Å². The largest absolute Gasteiger partial charge is 0.462 e. The molecule has 0 aliphatic carbocycles. The van der Waals surface area contributed by atoms with Crippen molar-refractivity contribution in [3.8, 4) is 5.69 Å². The number of hydrogen-bond donors (Lipinski definition) is 1. The summed E-state index contributed by atoms with van der Waals surface area (Å²) in [6.45, 7) is 4.44. The van der Waals surface area contributed by atoms with E-state index in [0.717, 1.165) is 17.6 Å². The summed E-state index contributed by atoms with van der Waals surface area (Å²) >= 11 is 0. The Morgan fingerprint density at radius 1 is 1.07 bits per heavy atom. The Kier molecular flexibility index (Phi) is 4.69. The number of esters is 1. The zero-order valence-corrected chi connectivity index (χ0v) is 15.9. The van der Waals surface area contributed by atoms with E-state index >= 15 is 0 Å². The lowest BCUT2D eigenvalue weighted by molar-refractivity contribution is 0.0450. The fraction of sp³-hybridized carbons (Fsp3) is 0.227. The second kappa shape index (κ2) is 7.31. The summed E-state index contributed by atoms with van der Waals surface area (Å²) in [7, 11) is 0. The molecule has 28 heavy (non-hydrogen) atoms. The summed E-state index contributed by atoms with van der Waals surface area (Å²) in [6.07, 6.45) is 0.930. The minimum Gasteiger partial charge on any atom is -0.462 e. The van der Waals surface area contributed by atoms with Crippen LogP contribution in [0.15, 0.2) is 54.6 Å². The molecule has 0 saturated carbocycles. The molecule has 0 spiro atoms. The van der Waals surface area contributed by atoms with Gasteiger partial charge in [0.25, 0.3) is 0 Å². The van der Waals surface area contributed by atoms with Crippen LogP contribution in [-0.2, 0) is 4.74 Å². The predicted octanol–water partition coefficient (Wildman–Crippen LogP) is 4.36. The first-order valence-corrected chi connectivity index (χ1v) is 9.39. The van der Waals surface area contributed by atoms with Gasteiger partial charge in [-0.15, -0.1) is 0 Å². The number of ether oxygens (including phenoxy) is 1. The average molecular weight is 374 g/mol. The van der Waals surface area contributed by atoms with Crippen molar-refractivity contribution in [3.05, 3.63) is 60.2 Å². The van der Waals surface area contributed by atoms with Crippen LogP contribution in [-0.4, -0.2) is 27.1 Å². The van der Waals surface area contributed by atoms with Crippen molar-refractivity contribution in [2.24, 2.45) is 5.92 Å². The van der Waals surface area contributed by atoms with Crippen LogP contribution in [0.4, 0.5) is 5.82 Å². The molecule has 0 unspecified atom stereocenters. The van der Waals surface area contributed by atoms with Gasteiger partial charge in [-0.2, -0.15) is 0 Å². The van der Waals surface area contributed by atoms with E-state index < -0.39 is 5.97 Å². The minimum atomic E-state index is -0.470. The molecular weight excluding hydrogens is 352 g/mol. The van der Waals surface area contributed by atoms with Crippen molar-refractivity contribution in [1.82, 2.24) is 14.5 Å². The molecule has 2 heterocycles. The van der Waals surface area contributed by atoms with Gasteiger partial charge in [-0.3, -0.25) is 4.57 Å². The Morgan fingerprint density at radius 3 is 2.39 bits per heavy atom. The zero-order chi connectivity index (χ0) is 19.7. The van der Waals surface area contributed by atoms with Crippen molar-refractivity contribution in [3.63, 3.8) is 0 Å². The Balaban J connectivity index is 1.94. The molecule has 6 nitrogen and oxygen atoms in total. The fourth-order valence-corrected chi connectivity index (χ4v) is 3.11. The maximum absolute atomic E-state index is 12.9. The molecule has 0 saturated heterocycles. The highest BCUT2D eigenvalue weighted by atomic mass is 16.5. The molecule has 2 aromatic heterocycles. The van der Waals surface area contributed by atoms with E-state index in [1.165, 1.54) is 0 Å². The lowest BCUT2D eigenvalue weighted by Crippen LogP contribution is -2.13. The van der Waals surface area contributed by atoms with Gasteiger partial charge in [-0.1, -0.05) is 50.6 Å². The fourth-order valence-electron chi connectivity index (χ4n) is 3.11. The summed E-state index contributed by atoms with van der Waals surface area (Å²) in [5.41, 5.74) is 9.95. The standard InChI is InChI=1S/C22H22N4O2/c1-3-14(2)13-28-22(27)18-19-21(25-17-12-8-7-11-16(17)24-19)26(20(18)23)15-9-5-4-6-10-15/h4-12,14H,3,13,23H2,1-2H3/t14-/m1/s1. The third-order valence-corrected chi connectivity index (χ3v) is 4.91. The van der Waals surface area contributed by atoms with Gasteiger partial charge < -0.3 is 10.5 Å². The zero-order valence-electron chi connectivity index (χ0n) is 15.9. The van der Waals surface area contributed by atoms with Crippen LogP contribution in [0.5, 0.6) is 0 Å². The van der Waals surface area contributed by atoms with Gasteiger partial charge in [0.2, 0.25) is 0 Å². The number of carbonyl (C=O) groups is 1. The Hall–Kier alpha value is -3.41. The lowest BCUT2D eigenvalue weighted by Gasteiger charge is -2.10. The monoisotopic (exact) mass is 374 g/mol. The van der Waals surface area contributed by atoms with E-state index in [9.17, 15) is 4.79 Å². The van der Waals surface area contributed by atoms with Crippen molar-refractivity contribution in [2.75, 3.05) is 12.3 Å². The first-order valence-electron chi connectivity index (χ1n) is 9.39. The molecule has 2 aromatic carbocycles. The molecule has 0 fully saturated rings. The number of anilines is 1. The van der Waals surface area contributed by atoms with Gasteiger partial charge in [-0.25, -0.2) is 14.8 Å². The quantitative estimate of drug-likeness (QED) is 0.525. The summed E-state index contributed by atoms with van der Waals surface area (Å²) < 4.78 is 7.29. The Labute approximate surface area is 163 Å². The number of hydrogen-bond acceptors (Lipinski definition) is 5. The summed E-state index contributed by atoms with van der Waals surface area (Å²) in [6, 6.07) is 17.1. The van der Waals surface area contributed by atoms with Crippen LogP contribution in [0.2, 0.25) is 0 Å². The SMILES string of the molecule is CC[C@@H](C)COC(=O)c1c(N)n(-c2ccccc2)c2nc3ccccc3nc12. The van der Waals surface area contributed by atoms with E-state index in [1.54, 1.807) is 4.57 Å². The van der Waals surface area contributed by atoms with Crippen molar-refractivity contribution in [1.29, 1.82) is 0 Å². The maximum Gasteiger partial charge on any atom is 0.344 e. The molecule has 142 valence electrons. The second-order valence-electron chi connectivity index (χ2n) is 6.93. The number of aromatic nitrogens is 3. The molecule has 4 rings (SSSR count). The lowest BCUT2D eigenvalue weighted by atomic mass is 10.1. The predicted molar refractivity (Wildman–Crippen MR) is 111 cm³/mol. The van der Waals surface area contributed by atoms with Crippen LogP contribution in [0.25, 0.3) is 27.9 Å². The van der Waals surface area contributed by atoms with Gasteiger partial charge in [0.1, 0.15) is 16.9 Å². The molecule has 2 N–H and O–H groups in total. The van der Waals surface area contributed by atoms with E-state index in [1.807, 2.05) is 61.5 Å². The number of nitrogen functional groups attached to an aromatic ring is 1. The number of para-hydroxylation sites is 3. The highest BCUT2D eigenvalue weighted by molar-refractivity contribution is 6.09. The molecule has 4 aromatic rings. The summed E-state index contributed by atoms with van der Waals surface area (Å²) in [5.74, 6) is 0.0901. The maximum atomic E-state index is 12.9. The first-order chi connectivity index (χ1) is 13.6. The number of rotatable bonds is 5. The van der Waals surface area contributed by atoms with Gasteiger partial charge >= 0.3 is 5.97 Å². The second-order valence-corrected chi connectivity index (χ2v) is 6.93. The number of fused-ring (bicyclic) bond motifs is 2. The normalized spacial score (nSPS) is 12.4. The van der Waals surface area contributed by atoms with Crippen molar-refractivity contribution in [2.45, 2.75) is 20.3 Å². The minimum absolute atomic E-state index is 0.264. The van der Waals surface area contributed by atoms with Crippen LogP contribution < -0.4 is 5.73 Å². The molecule has 6 heteroatoms. The van der Waals surface area contributed by atoms with E-state index in [-0.39, 0.29) is 17.3 Å². The number of benzene rings is 2. The molecule has 0 radical (unpaired) electrons. The molecular formula is C22H22N4O2. The van der Waals surface area contributed by atoms with Crippen LogP contribution in [0.1, 0.15) is 30.6 Å². The number of nitrogens with zero attached hydrogens (tertiary/aromatic N) is 3. The van der Waals surface area contributed by atoms with E-state index in [0.29, 0.717) is 23.3 Å². The Morgan fingerprint density at radius 2 is 1.71 bits per heavy atom. The molecule has 0 aliphatic rings. The van der Waals surface area contributed by atoms with E-state index in [4.69, 9.17) is 15.5 Å². The highest BCUT2D eigenvalue weighted by Gasteiger charge is 2.26. The van der Waals surface area contributed by atoms with Crippen molar-refractivity contribution < 1.29 is 9.53 Å². The van der Waals surface area contributed by atoms with Gasteiger partial charge in [0.15, 0.2) is 5.65 Å². The number of carbonyl (C=O) groups excluding carboxylic acids is 1. The van der Waals surface area contributed by atoms with Gasteiger partial charge in [0.05, 0.1) is 17.6 Å². The molecule has 0 bridgehead atoms. The number of nitrogens with two attached hydrogens (primary N) is 1. The Bertz CT molecular complexity index is 1150. The summed E-state index contributed by atoms with van der Waals surface area (Å²) in [5, 5.41) is 0. The molecule has 1 atom stereocenters. The highest BCUT2D eigenvalue weighted by Crippen LogP contribution is 2.31. The molecule has 0 amide bonds. The van der Waals surface area contributed by atoms with Crippen LogP contribution in [0, 0.1) is 5.92 Å². The third kappa shape index (κ3) is 3.07. The third-order valence-electron chi connectivity index (χ3n) is 4.91. The first kappa shape index (κ1) is 18.0. The van der Waals surface area contributed by atoms with Crippen LogP contribution >= 0.6 is 0 Å². The average Bonchev–Trinajstić information content (AvgIpc) is 3.01. The van der Waals surface area contributed by atoms with Crippen molar-refractivity contribution >= 4 is 34.0 Å².